The molecule has 2 N–H and O–H groups in total. The summed E-state index contributed by atoms with van der Waals surface area (Å²) in [5.41, 5.74) is 9.55. The second-order valence-corrected chi connectivity index (χ2v) is 6.35. The lowest BCUT2D eigenvalue weighted by atomic mass is 10.0. The Morgan fingerprint density at radius 3 is 2.60 bits per heavy atom. The maximum atomic E-state index is 13.1. The van der Waals surface area contributed by atoms with Crippen LogP contribution in [0, 0.1) is 5.82 Å². The molecule has 0 radical (unpaired) electrons. The molecule has 2 aromatic carbocycles. The SMILES string of the molecule is Nc1cc2cn(CCN3CCOCC3)nc2cc1-c1ccc(F)cc1. The molecule has 0 unspecified atom stereocenters. The zero-order valence-corrected chi connectivity index (χ0v) is 14.0. The third kappa shape index (κ3) is 3.50. The Kier molecular flexibility index (Phi) is 4.38. The highest BCUT2D eigenvalue weighted by molar-refractivity contribution is 5.91. The van der Waals surface area contributed by atoms with Gasteiger partial charge in [0.15, 0.2) is 0 Å². The van der Waals surface area contributed by atoms with Crippen molar-refractivity contribution in [1.82, 2.24) is 14.7 Å². The number of hydrogen-bond donors (Lipinski definition) is 1. The van der Waals surface area contributed by atoms with Crippen molar-refractivity contribution in [2.45, 2.75) is 6.54 Å². The van der Waals surface area contributed by atoms with Crippen LogP contribution >= 0.6 is 0 Å². The number of nitrogens with two attached hydrogens (primary N) is 1. The minimum atomic E-state index is -0.254. The molecule has 0 bridgehead atoms. The van der Waals surface area contributed by atoms with Gasteiger partial charge >= 0.3 is 0 Å². The Bertz CT molecular complexity index is 869. The van der Waals surface area contributed by atoms with Crippen molar-refractivity contribution >= 4 is 16.6 Å². The number of morpholine rings is 1. The first-order chi connectivity index (χ1) is 12.2. The maximum Gasteiger partial charge on any atom is 0.123 e. The minimum Gasteiger partial charge on any atom is -0.398 e. The summed E-state index contributed by atoms with van der Waals surface area (Å²) in [7, 11) is 0. The summed E-state index contributed by atoms with van der Waals surface area (Å²) in [5, 5.41) is 5.69. The first kappa shape index (κ1) is 16.1. The largest absolute Gasteiger partial charge is 0.398 e. The van der Waals surface area contributed by atoms with Gasteiger partial charge in [0.05, 0.1) is 25.3 Å². The molecule has 6 heteroatoms. The molecule has 1 saturated heterocycles. The Hall–Kier alpha value is -2.44. The summed E-state index contributed by atoms with van der Waals surface area (Å²) in [6.07, 6.45) is 2.03. The first-order valence-electron chi connectivity index (χ1n) is 8.52. The van der Waals surface area contributed by atoms with Gasteiger partial charge in [0.2, 0.25) is 0 Å². The molecule has 1 aliphatic heterocycles. The van der Waals surface area contributed by atoms with Gasteiger partial charge in [-0.05, 0) is 29.8 Å². The predicted octanol–water partition coefficient (Wildman–Crippen LogP) is 2.76. The van der Waals surface area contributed by atoms with Crippen molar-refractivity contribution in [2.75, 3.05) is 38.6 Å². The highest BCUT2D eigenvalue weighted by Gasteiger charge is 2.12. The molecule has 0 spiro atoms. The number of anilines is 1. The van der Waals surface area contributed by atoms with Crippen LogP contribution in [0.4, 0.5) is 10.1 Å². The van der Waals surface area contributed by atoms with Gasteiger partial charge in [-0.1, -0.05) is 12.1 Å². The number of ether oxygens (including phenoxy) is 1. The smallest absolute Gasteiger partial charge is 0.123 e. The van der Waals surface area contributed by atoms with E-state index in [0.29, 0.717) is 5.69 Å². The van der Waals surface area contributed by atoms with Crippen molar-refractivity contribution in [3.63, 3.8) is 0 Å². The molecular formula is C19H21FN4O. The molecule has 25 heavy (non-hydrogen) atoms. The normalized spacial score (nSPS) is 15.7. The maximum absolute atomic E-state index is 13.1. The molecule has 0 amide bonds. The summed E-state index contributed by atoms with van der Waals surface area (Å²) in [5.74, 6) is -0.254. The number of hydrogen-bond acceptors (Lipinski definition) is 4. The van der Waals surface area contributed by atoms with Crippen LogP contribution in [0.5, 0.6) is 0 Å². The molecule has 0 atom stereocenters. The molecule has 1 aromatic heterocycles. The fourth-order valence-electron chi connectivity index (χ4n) is 3.20. The van der Waals surface area contributed by atoms with E-state index in [1.54, 1.807) is 12.1 Å². The summed E-state index contributed by atoms with van der Waals surface area (Å²) in [4.78, 5) is 2.38. The highest BCUT2D eigenvalue weighted by Crippen LogP contribution is 2.30. The van der Waals surface area contributed by atoms with Gasteiger partial charge in [0, 0.05) is 42.5 Å². The van der Waals surface area contributed by atoms with Crippen LogP contribution < -0.4 is 5.73 Å². The van der Waals surface area contributed by atoms with Crippen LogP contribution in [0.15, 0.2) is 42.6 Å². The van der Waals surface area contributed by atoms with Crippen LogP contribution in [0.25, 0.3) is 22.0 Å². The van der Waals surface area contributed by atoms with E-state index in [0.717, 1.165) is 61.4 Å². The fraction of sp³-hybridized carbons (Fsp3) is 0.316. The quantitative estimate of drug-likeness (QED) is 0.742. The Morgan fingerprint density at radius 2 is 1.84 bits per heavy atom. The van der Waals surface area contributed by atoms with Crippen LogP contribution in [0.3, 0.4) is 0 Å². The topological polar surface area (TPSA) is 56.3 Å². The molecule has 4 rings (SSSR count). The zero-order chi connectivity index (χ0) is 17.2. The number of benzene rings is 2. The lowest BCUT2D eigenvalue weighted by molar-refractivity contribution is 0.0360. The number of aromatic nitrogens is 2. The van der Waals surface area contributed by atoms with Gasteiger partial charge < -0.3 is 10.5 Å². The highest BCUT2D eigenvalue weighted by atomic mass is 19.1. The molecule has 2 heterocycles. The van der Waals surface area contributed by atoms with Gasteiger partial charge in [-0.25, -0.2) is 4.39 Å². The number of nitrogens with zero attached hydrogens (tertiary/aromatic N) is 3. The van der Waals surface area contributed by atoms with Gasteiger partial charge in [0.1, 0.15) is 5.82 Å². The molecule has 0 saturated carbocycles. The van der Waals surface area contributed by atoms with Gasteiger partial charge in [0.25, 0.3) is 0 Å². The van der Waals surface area contributed by atoms with E-state index < -0.39 is 0 Å². The van der Waals surface area contributed by atoms with Gasteiger partial charge in [-0.2, -0.15) is 5.10 Å². The van der Waals surface area contributed by atoms with Crippen molar-refractivity contribution < 1.29 is 9.13 Å². The van der Waals surface area contributed by atoms with E-state index in [1.165, 1.54) is 12.1 Å². The van der Waals surface area contributed by atoms with Crippen molar-refractivity contribution in [3.05, 3.63) is 48.4 Å². The summed E-state index contributed by atoms with van der Waals surface area (Å²) in [6, 6.07) is 10.3. The molecule has 1 fully saturated rings. The predicted molar refractivity (Wildman–Crippen MR) is 96.8 cm³/mol. The van der Waals surface area contributed by atoms with E-state index in [1.807, 2.05) is 23.0 Å². The van der Waals surface area contributed by atoms with Gasteiger partial charge in [-0.15, -0.1) is 0 Å². The Balaban J connectivity index is 1.56. The van der Waals surface area contributed by atoms with Crippen LogP contribution in [-0.2, 0) is 11.3 Å². The number of fused-ring (bicyclic) bond motifs is 1. The Morgan fingerprint density at radius 1 is 1.08 bits per heavy atom. The van der Waals surface area contributed by atoms with Crippen molar-refractivity contribution in [2.24, 2.45) is 0 Å². The third-order valence-corrected chi connectivity index (χ3v) is 4.63. The Labute approximate surface area is 145 Å². The molecule has 1 aliphatic rings. The van der Waals surface area contributed by atoms with Crippen molar-refractivity contribution in [1.29, 1.82) is 0 Å². The summed E-state index contributed by atoms with van der Waals surface area (Å²) < 4.78 is 20.5. The zero-order valence-electron chi connectivity index (χ0n) is 14.0. The van der Waals surface area contributed by atoms with E-state index >= 15 is 0 Å². The lowest BCUT2D eigenvalue weighted by Gasteiger charge is -2.26. The fourth-order valence-corrected chi connectivity index (χ4v) is 3.20. The van der Waals surface area contributed by atoms with Crippen LogP contribution in [-0.4, -0.2) is 47.5 Å². The standard InChI is InChI=1S/C19H21FN4O/c20-16-3-1-14(2-4-16)17-12-19-15(11-18(17)21)13-24(22-19)6-5-23-7-9-25-10-8-23/h1-4,11-13H,5-10,21H2. The van der Waals surface area contributed by atoms with E-state index in [-0.39, 0.29) is 5.82 Å². The third-order valence-electron chi connectivity index (χ3n) is 4.63. The molecule has 3 aromatic rings. The second-order valence-electron chi connectivity index (χ2n) is 6.35. The minimum absolute atomic E-state index is 0.254. The molecule has 5 nitrogen and oxygen atoms in total. The van der Waals surface area contributed by atoms with E-state index in [2.05, 4.69) is 10.00 Å². The number of rotatable bonds is 4. The van der Waals surface area contributed by atoms with Crippen molar-refractivity contribution in [3.8, 4) is 11.1 Å². The molecule has 130 valence electrons. The summed E-state index contributed by atoms with van der Waals surface area (Å²) >= 11 is 0. The monoisotopic (exact) mass is 340 g/mol. The second kappa shape index (κ2) is 6.82. The average molecular weight is 340 g/mol. The van der Waals surface area contributed by atoms with Crippen LogP contribution in [0.2, 0.25) is 0 Å². The average Bonchev–Trinajstić information content (AvgIpc) is 3.03. The number of nitrogen functional groups attached to an aromatic ring is 1. The first-order valence-corrected chi connectivity index (χ1v) is 8.52. The van der Waals surface area contributed by atoms with E-state index in [4.69, 9.17) is 10.5 Å². The van der Waals surface area contributed by atoms with Gasteiger partial charge in [-0.3, -0.25) is 9.58 Å². The van der Waals surface area contributed by atoms with Crippen LogP contribution in [0.1, 0.15) is 0 Å². The summed E-state index contributed by atoms with van der Waals surface area (Å²) in [6.45, 7) is 5.35. The van der Waals surface area contributed by atoms with E-state index in [9.17, 15) is 4.39 Å². The molecule has 0 aliphatic carbocycles. The number of halogens is 1. The molecular weight excluding hydrogens is 319 g/mol. The lowest BCUT2D eigenvalue weighted by Crippen LogP contribution is -2.38.